The Morgan fingerprint density at radius 2 is 1.09 bits per heavy atom. The van der Waals surface area contributed by atoms with Gasteiger partial charge in [-0.15, -0.1) is 0 Å². The van der Waals surface area contributed by atoms with Gasteiger partial charge in [0.1, 0.15) is 5.60 Å². The molecule has 2 aromatic carbocycles. The van der Waals surface area contributed by atoms with Crippen molar-refractivity contribution in [3.63, 3.8) is 0 Å². The predicted octanol–water partition coefficient (Wildman–Crippen LogP) is 7.01. The van der Waals surface area contributed by atoms with E-state index in [0.717, 1.165) is 24.0 Å². The highest BCUT2D eigenvalue weighted by Crippen LogP contribution is 2.55. The maximum Gasteiger partial charge on any atom is 0.324 e. The highest BCUT2D eigenvalue weighted by molar-refractivity contribution is 6.00. The number of aliphatic carboxylic acids is 1. The van der Waals surface area contributed by atoms with Crippen molar-refractivity contribution in [3.8, 4) is 0 Å². The molecule has 6 heteroatoms. The number of likely N-dealkylation sites (tertiary alicyclic amines) is 2. The Morgan fingerprint density at radius 1 is 0.721 bits per heavy atom. The van der Waals surface area contributed by atoms with Crippen molar-refractivity contribution < 1.29 is 19.4 Å². The fraction of sp³-hybridized carbons (Fsp3) is 0.622. The number of piperidine rings is 2. The van der Waals surface area contributed by atoms with Crippen molar-refractivity contribution in [1.29, 1.82) is 0 Å². The summed E-state index contributed by atoms with van der Waals surface area (Å²) in [5.74, 6) is -1.71. The van der Waals surface area contributed by atoms with E-state index < -0.39 is 23.0 Å². The predicted molar refractivity (Wildman–Crippen MR) is 173 cm³/mol. The van der Waals surface area contributed by atoms with Crippen molar-refractivity contribution in [2.45, 2.75) is 122 Å². The average molecular weight is 591 g/mol. The van der Waals surface area contributed by atoms with E-state index in [1.165, 1.54) is 0 Å². The van der Waals surface area contributed by atoms with E-state index in [4.69, 9.17) is 4.74 Å². The van der Waals surface area contributed by atoms with Crippen LogP contribution in [0.3, 0.4) is 0 Å². The lowest BCUT2D eigenvalue weighted by Crippen LogP contribution is -2.70. The highest BCUT2D eigenvalue weighted by atomic mass is 16.6. The van der Waals surface area contributed by atoms with Crippen LogP contribution in [-0.4, -0.2) is 68.7 Å². The second-order valence-electron chi connectivity index (χ2n) is 16.0. The van der Waals surface area contributed by atoms with Crippen LogP contribution in [0.5, 0.6) is 0 Å². The van der Waals surface area contributed by atoms with E-state index in [9.17, 15) is 14.7 Å². The molecular weight excluding hydrogens is 536 g/mol. The van der Waals surface area contributed by atoms with E-state index in [-0.39, 0.29) is 40.9 Å². The average Bonchev–Trinajstić information content (AvgIpc) is 2.90. The molecule has 0 radical (unpaired) electrons. The zero-order valence-corrected chi connectivity index (χ0v) is 28.2. The van der Waals surface area contributed by atoms with Crippen molar-refractivity contribution in [2.75, 3.05) is 14.1 Å². The number of carboxylic acid groups (broad SMARTS) is 1. The summed E-state index contributed by atoms with van der Waals surface area (Å²) in [5, 5.41) is 11.0. The summed E-state index contributed by atoms with van der Waals surface area (Å²) in [4.78, 5) is 33.2. The number of hydrogen-bond donors (Lipinski definition) is 1. The number of carbonyl (C=O) groups is 2. The van der Waals surface area contributed by atoms with Gasteiger partial charge < -0.3 is 9.84 Å². The third-order valence-corrected chi connectivity index (χ3v) is 11.1. The lowest BCUT2D eigenvalue weighted by atomic mass is 9.59. The van der Waals surface area contributed by atoms with Crippen LogP contribution >= 0.6 is 0 Å². The van der Waals surface area contributed by atoms with Crippen LogP contribution < -0.4 is 0 Å². The normalized spacial score (nSPS) is 23.4. The monoisotopic (exact) mass is 590 g/mol. The second-order valence-corrected chi connectivity index (χ2v) is 16.0. The number of ether oxygens (including phenoxy) is 1. The molecule has 236 valence electrons. The summed E-state index contributed by atoms with van der Waals surface area (Å²) >= 11 is 0. The third-order valence-electron chi connectivity index (χ3n) is 11.1. The van der Waals surface area contributed by atoms with Crippen LogP contribution in [0.25, 0.3) is 0 Å². The van der Waals surface area contributed by atoms with Gasteiger partial charge in [-0.05, 0) is 106 Å². The van der Waals surface area contributed by atoms with E-state index in [2.05, 4.69) is 79.3 Å². The first-order chi connectivity index (χ1) is 19.8. The lowest BCUT2D eigenvalue weighted by molar-refractivity contribution is -0.219. The van der Waals surface area contributed by atoms with Crippen molar-refractivity contribution in [1.82, 2.24) is 9.80 Å². The molecule has 0 aliphatic carbocycles. The molecule has 0 bridgehead atoms. The molecule has 0 saturated carbocycles. The molecule has 6 nitrogen and oxygen atoms in total. The number of carboxylic acids is 1. The first-order valence-electron chi connectivity index (χ1n) is 15.8. The van der Waals surface area contributed by atoms with Crippen LogP contribution in [0.15, 0.2) is 60.7 Å². The number of esters is 1. The number of benzene rings is 2. The molecule has 0 unspecified atom stereocenters. The molecule has 2 aliphatic heterocycles. The lowest BCUT2D eigenvalue weighted by Gasteiger charge is -2.63. The number of carbonyl (C=O) groups excluding carboxylic acids is 1. The summed E-state index contributed by atoms with van der Waals surface area (Å²) in [6.45, 7) is 18.0. The van der Waals surface area contributed by atoms with Gasteiger partial charge >= 0.3 is 11.9 Å². The largest absolute Gasteiger partial charge is 0.480 e. The first-order valence-corrected chi connectivity index (χ1v) is 15.8. The highest BCUT2D eigenvalue weighted by Gasteiger charge is 2.61. The Balaban J connectivity index is 1.87. The third kappa shape index (κ3) is 6.42. The van der Waals surface area contributed by atoms with Gasteiger partial charge in [-0.3, -0.25) is 19.4 Å². The maximum atomic E-state index is 14.9. The van der Waals surface area contributed by atoms with Gasteiger partial charge in [0, 0.05) is 40.9 Å². The molecule has 0 amide bonds. The maximum absolute atomic E-state index is 14.9. The summed E-state index contributed by atoms with van der Waals surface area (Å²) in [6.07, 6.45) is 3.10. The van der Waals surface area contributed by atoms with Gasteiger partial charge in [0.25, 0.3) is 0 Å². The van der Waals surface area contributed by atoms with Gasteiger partial charge in [0.15, 0.2) is 5.41 Å². The van der Waals surface area contributed by atoms with Gasteiger partial charge in [-0.25, -0.2) is 0 Å². The van der Waals surface area contributed by atoms with Crippen LogP contribution in [0.1, 0.15) is 92.2 Å². The Morgan fingerprint density at radius 3 is 1.47 bits per heavy atom. The molecule has 0 aromatic heterocycles. The van der Waals surface area contributed by atoms with Gasteiger partial charge in [0.05, 0.1) is 0 Å². The van der Waals surface area contributed by atoms with E-state index >= 15 is 0 Å². The molecule has 2 fully saturated rings. The van der Waals surface area contributed by atoms with Crippen molar-refractivity contribution in [2.24, 2.45) is 11.3 Å². The molecular formula is C37H54N2O4. The van der Waals surface area contributed by atoms with E-state index in [1.807, 2.05) is 60.7 Å². The number of hydrogen-bond acceptors (Lipinski definition) is 5. The Hall–Kier alpha value is -2.70. The number of rotatable bonds is 8. The molecule has 4 rings (SSSR count). The van der Waals surface area contributed by atoms with Crippen LogP contribution in [-0.2, 0) is 27.2 Å². The molecule has 0 spiro atoms. The second kappa shape index (κ2) is 11.3. The Kier molecular flexibility index (Phi) is 8.76. The smallest absolute Gasteiger partial charge is 0.324 e. The van der Waals surface area contributed by atoms with E-state index in [0.29, 0.717) is 12.8 Å². The number of nitrogens with zero attached hydrogens (tertiary/aromatic N) is 2. The molecule has 43 heavy (non-hydrogen) atoms. The molecule has 2 aromatic rings. The van der Waals surface area contributed by atoms with Gasteiger partial charge in [-0.1, -0.05) is 60.7 Å². The summed E-state index contributed by atoms with van der Waals surface area (Å²) < 4.78 is 6.97. The SMILES string of the molecule is CN1C(C)(C)CC(C2(OC(=O)C(Cc3ccccc3)(Cc3ccccc3)C(=O)O)CC(C)(C)N(C)C(C)(C)C2)CC1(C)C. The minimum Gasteiger partial charge on any atom is -0.480 e. The zero-order valence-electron chi connectivity index (χ0n) is 28.2. The molecule has 2 aliphatic rings. The van der Waals surface area contributed by atoms with Crippen LogP contribution in [0.2, 0.25) is 0 Å². The standard InChI is InChI=1S/C37H54N2O4/c1-32(2)23-29(24-33(3,4)38(32)9)37(25-34(5,6)39(10)35(7,8)26-37)43-31(42)36(30(40)41,21-27-17-13-11-14-18-27)22-28-19-15-12-16-20-28/h11-20,29H,21-26H2,1-10H3,(H,40,41). The quantitative estimate of drug-likeness (QED) is 0.264. The van der Waals surface area contributed by atoms with Gasteiger partial charge in [0.2, 0.25) is 0 Å². The minimum atomic E-state index is -1.77. The van der Waals surface area contributed by atoms with Crippen LogP contribution in [0, 0.1) is 11.3 Å². The molecule has 2 saturated heterocycles. The molecule has 2 heterocycles. The topological polar surface area (TPSA) is 70.1 Å². The summed E-state index contributed by atoms with van der Waals surface area (Å²) in [6, 6.07) is 19.0. The fourth-order valence-electron chi connectivity index (χ4n) is 8.39. The molecule has 1 N–H and O–H groups in total. The Labute approximate surface area is 259 Å². The van der Waals surface area contributed by atoms with Gasteiger partial charge in [-0.2, -0.15) is 0 Å². The fourth-order valence-corrected chi connectivity index (χ4v) is 8.39. The van der Waals surface area contributed by atoms with Crippen LogP contribution in [0.4, 0.5) is 0 Å². The minimum absolute atomic E-state index is 0.0596. The van der Waals surface area contributed by atoms with Crippen molar-refractivity contribution in [3.05, 3.63) is 71.8 Å². The first kappa shape index (κ1) is 33.2. The Bertz CT molecular complexity index is 1220. The molecule has 0 atom stereocenters. The summed E-state index contributed by atoms with van der Waals surface area (Å²) in [7, 11) is 4.34. The summed E-state index contributed by atoms with van der Waals surface area (Å²) in [5.41, 5.74) is -1.79. The zero-order chi connectivity index (χ0) is 32.1. The van der Waals surface area contributed by atoms with E-state index in [1.54, 1.807) is 0 Å². The van der Waals surface area contributed by atoms with Crippen molar-refractivity contribution >= 4 is 11.9 Å².